The zero-order valence-electron chi connectivity index (χ0n) is 9.64. The Morgan fingerprint density at radius 3 is 2.88 bits per heavy atom. The molecule has 0 aromatic heterocycles. The molecule has 1 aromatic carbocycles. The van der Waals surface area contributed by atoms with Crippen molar-refractivity contribution < 1.29 is 9.18 Å². The van der Waals surface area contributed by atoms with Crippen LogP contribution in [0, 0.1) is 12.7 Å². The highest BCUT2D eigenvalue weighted by atomic mass is 19.1. The van der Waals surface area contributed by atoms with Gasteiger partial charge >= 0.3 is 0 Å². The van der Waals surface area contributed by atoms with Gasteiger partial charge in [-0.3, -0.25) is 4.79 Å². The molecule has 1 amide bonds. The van der Waals surface area contributed by atoms with Gasteiger partial charge in [0, 0.05) is 17.7 Å². The molecule has 0 aliphatic carbocycles. The molecule has 0 aliphatic rings. The van der Waals surface area contributed by atoms with Crippen LogP contribution in [-0.4, -0.2) is 19.5 Å². The molecule has 0 saturated carbocycles. The zero-order valence-corrected chi connectivity index (χ0v) is 9.64. The number of carbonyl (C=O) groups excluding carboxylic acids is 1. The molecule has 0 bridgehead atoms. The topological polar surface area (TPSA) is 41.1 Å². The zero-order chi connectivity index (χ0) is 12.0. The minimum absolute atomic E-state index is 0.0797. The SMILES string of the molecule is CNCCCC(=O)Nc1cccc(F)c1C. The summed E-state index contributed by atoms with van der Waals surface area (Å²) in [6.07, 6.45) is 1.22. The Bertz CT molecular complexity index is 366. The number of amides is 1. The minimum atomic E-state index is -0.298. The van der Waals surface area contributed by atoms with Crippen LogP contribution >= 0.6 is 0 Å². The van der Waals surface area contributed by atoms with Crippen LogP contribution in [0.3, 0.4) is 0 Å². The van der Waals surface area contributed by atoms with E-state index < -0.39 is 0 Å². The Kier molecular flexibility index (Phi) is 4.92. The summed E-state index contributed by atoms with van der Waals surface area (Å²) in [6.45, 7) is 2.45. The van der Waals surface area contributed by atoms with Crippen molar-refractivity contribution in [3.8, 4) is 0 Å². The average molecular weight is 224 g/mol. The molecule has 0 unspecified atom stereocenters. The molecule has 0 saturated heterocycles. The van der Waals surface area contributed by atoms with Crippen molar-refractivity contribution in [2.45, 2.75) is 19.8 Å². The van der Waals surface area contributed by atoms with Gasteiger partial charge < -0.3 is 10.6 Å². The highest BCUT2D eigenvalue weighted by Gasteiger charge is 2.06. The van der Waals surface area contributed by atoms with Crippen molar-refractivity contribution >= 4 is 11.6 Å². The normalized spacial score (nSPS) is 10.2. The first-order valence-corrected chi connectivity index (χ1v) is 5.34. The predicted octanol–water partition coefficient (Wildman–Crippen LogP) is 2.07. The number of benzene rings is 1. The molecule has 0 aliphatic heterocycles. The molecule has 0 radical (unpaired) electrons. The van der Waals surface area contributed by atoms with Crippen molar-refractivity contribution in [1.82, 2.24) is 5.32 Å². The number of nitrogens with one attached hydrogen (secondary N) is 2. The van der Waals surface area contributed by atoms with Gasteiger partial charge in [0.15, 0.2) is 0 Å². The molecular formula is C12H17FN2O. The molecule has 0 atom stereocenters. The van der Waals surface area contributed by atoms with Crippen molar-refractivity contribution in [1.29, 1.82) is 0 Å². The number of hydrogen-bond acceptors (Lipinski definition) is 2. The molecule has 3 nitrogen and oxygen atoms in total. The number of hydrogen-bond donors (Lipinski definition) is 2. The van der Waals surface area contributed by atoms with E-state index in [1.165, 1.54) is 6.07 Å². The summed E-state index contributed by atoms with van der Waals surface area (Å²) in [5.41, 5.74) is 1.03. The monoisotopic (exact) mass is 224 g/mol. The van der Waals surface area contributed by atoms with Gasteiger partial charge in [-0.1, -0.05) is 6.07 Å². The van der Waals surface area contributed by atoms with E-state index in [1.807, 2.05) is 7.05 Å². The second kappa shape index (κ2) is 6.23. The van der Waals surface area contributed by atoms with Gasteiger partial charge in [-0.25, -0.2) is 4.39 Å². The van der Waals surface area contributed by atoms with Crippen LogP contribution in [0.1, 0.15) is 18.4 Å². The van der Waals surface area contributed by atoms with Crippen LogP contribution in [0.5, 0.6) is 0 Å². The number of carbonyl (C=O) groups is 1. The fourth-order valence-corrected chi connectivity index (χ4v) is 1.38. The van der Waals surface area contributed by atoms with Crippen LogP contribution < -0.4 is 10.6 Å². The molecule has 0 heterocycles. The maximum absolute atomic E-state index is 13.2. The van der Waals surface area contributed by atoms with E-state index in [9.17, 15) is 9.18 Å². The van der Waals surface area contributed by atoms with Gasteiger partial charge in [0.25, 0.3) is 0 Å². The summed E-state index contributed by atoms with van der Waals surface area (Å²) in [5.74, 6) is -0.378. The van der Waals surface area contributed by atoms with Crippen LogP contribution in [0.4, 0.5) is 10.1 Å². The molecule has 4 heteroatoms. The standard InChI is InChI=1S/C12H17FN2O/c1-9-10(13)5-3-6-11(9)15-12(16)7-4-8-14-2/h3,5-6,14H,4,7-8H2,1-2H3,(H,15,16). The number of anilines is 1. The highest BCUT2D eigenvalue weighted by Crippen LogP contribution is 2.17. The lowest BCUT2D eigenvalue weighted by Crippen LogP contribution is -2.15. The molecule has 2 N–H and O–H groups in total. The number of halogens is 1. The largest absolute Gasteiger partial charge is 0.326 e. The van der Waals surface area contributed by atoms with Gasteiger partial charge in [-0.2, -0.15) is 0 Å². The Hall–Kier alpha value is -1.42. The van der Waals surface area contributed by atoms with E-state index in [0.717, 1.165) is 13.0 Å². The van der Waals surface area contributed by atoms with Crippen LogP contribution in [0.2, 0.25) is 0 Å². The molecule has 1 aromatic rings. The Morgan fingerprint density at radius 2 is 2.19 bits per heavy atom. The van der Waals surface area contributed by atoms with E-state index >= 15 is 0 Å². The Labute approximate surface area is 95.0 Å². The summed E-state index contributed by atoms with van der Waals surface area (Å²) in [6, 6.07) is 4.67. The lowest BCUT2D eigenvalue weighted by molar-refractivity contribution is -0.116. The maximum Gasteiger partial charge on any atom is 0.224 e. The van der Waals surface area contributed by atoms with Gasteiger partial charge in [-0.15, -0.1) is 0 Å². The van der Waals surface area contributed by atoms with Crippen molar-refractivity contribution in [2.24, 2.45) is 0 Å². The third kappa shape index (κ3) is 3.62. The second-order valence-electron chi connectivity index (χ2n) is 3.67. The van der Waals surface area contributed by atoms with Crippen LogP contribution in [0.15, 0.2) is 18.2 Å². The van der Waals surface area contributed by atoms with Crippen LogP contribution in [0.25, 0.3) is 0 Å². The molecule has 16 heavy (non-hydrogen) atoms. The summed E-state index contributed by atoms with van der Waals surface area (Å²) in [4.78, 5) is 11.5. The van der Waals surface area contributed by atoms with Gasteiger partial charge in [0.1, 0.15) is 5.82 Å². The molecule has 0 spiro atoms. The smallest absolute Gasteiger partial charge is 0.224 e. The van der Waals surface area contributed by atoms with Crippen LogP contribution in [-0.2, 0) is 4.79 Å². The summed E-state index contributed by atoms with van der Waals surface area (Å²) in [7, 11) is 1.84. The molecule has 1 rings (SSSR count). The van der Waals surface area contributed by atoms with E-state index in [0.29, 0.717) is 17.7 Å². The summed E-state index contributed by atoms with van der Waals surface area (Å²) in [5, 5.41) is 5.67. The highest BCUT2D eigenvalue weighted by molar-refractivity contribution is 5.91. The lowest BCUT2D eigenvalue weighted by atomic mass is 10.2. The van der Waals surface area contributed by atoms with E-state index in [-0.39, 0.29) is 11.7 Å². The molecular weight excluding hydrogens is 207 g/mol. The lowest BCUT2D eigenvalue weighted by Gasteiger charge is -2.08. The maximum atomic E-state index is 13.2. The Balaban J connectivity index is 2.53. The van der Waals surface area contributed by atoms with Crippen molar-refractivity contribution in [3.63, 3.8) is 0 Å². The summed E-state index contributed by atoms with van der Waals surface area (Å²) < 4.78 is 13.2. The molecule has 88 valence electrons. The van der Waals surface area contributed by atoms with E-state index in [2.05, 4.69) is 10.6 Å². The first kappa shape index (κ1) is 12.6. The summed E-state index contributed by atoms with van der Waals surface area (Å²) >= 11 is 0. The van der Waals surface area contributed by atoms with E-state index in [4.69, 9.17) is 0 Å². The number of rotatable bonds is 5. The fourth-order valence-electron chi connectivity index (χ4n) is 1.38. The quantitative estimate of drug-likeness (QED) is 0.752. The van der Waals surface area contributed by atoms with Gasteiger partial charge in [-0.05, 0) is 39.1 Å². The van der Waals surface area contributed by atoms with Crippen molar-refractivity contribution in [3.05, 3.63) is 29.6 Å². The fraction of sp³-hybridized carbons (Fsp3) is 0.417. The van der Waals surface area contributed by atoms with Gasteiger partial charge in [0.05, 0.1) is 0 Å². The first-order valence-electron chi connectivity index (χ1n) is 5.34. The average Bonchev–Trinajstić information content (AvgIpc) is 2.25. The van der Waals surface area contributed by atoms with Crippen molar-refractivity contribution in [2.75, 3.05) is 18.9 Å². The van der Waals surface area contributed by atoms with Gasteiger partial charge in [0.2, 0.25) is 5.91 Å². The third-order valence-electron chi connectivity index (χ3n) is 2.37. The molecule has 0 fully saturated rings. The minimum Gasteiger partial charge on any atom is -0.326 e. The Morgan fingerprint density at radius 1 is 1.44 bits per heavy atom. The predicted molar refractivity (Wildman–Crippen MR) is 62.9 cm³/mol. The third-order valence-corrected chi connectivity index (χ3v) is 2.37. The van der Waals surface area contributed by atoms with E-state index in [1.54, 1.807) is 19.1 Å². The second-order valence-corrected chi connectivity index (χ2v) is 3.67. The first-order chi connectivity index (χ1) is 7.65.